The zero-order chi connectivity index (χ0) is 11.9. The lowest BCUT2D eigenvalue weighted by atomic mass is 10.4. The minimum Gasteiger partial charge on any atom is -0.383 e. The van der Waals surface area contributed by atoms with E-state index in [1.807, 2.05) is 6.07 Å². The normalized spacial score (nSPS) is 15.9. The molecule has 1 aliphatic rings. The van der Waals surface area contributed by atoms with Crippen molar-refractivity contribution in [1.29, 1.82) is 0 Å². The molecule has 0 unspecified atom stereocenters. The maximum atomic E-state index is 5.30. The van der Waals surface area contributed by atoms with Crippen LogP contribution in [0.3, 0.4) is 0 Å². The van der Waals surface area contributed by atoms with Gasteiger partial charge in [0.15, 0.2) is 0 Å². The molecule has 1 aromatic rings. The fourth-order valence-corrected chi connectivity index (χ4v) is 1.64. The SMILES string of the molecule is COCCNc1ccnc(N2CCOCC2)n1. The maximum absolute atomic E-state index is 5.30. The molecule has 0 saturated carbocycles. The molecule has 0 bridgehead atoms. The Labute approximate surface area is 101 Å². The summed E-state index contributed by atoms with van der Waals surface area (Å²) in [5.74, 6) is 1.59. The van der Waals surface area contributed by atoms with Crippen LogP contribution in [0.5, 0.6) is 0 Å². The van der Waals surface area contributed by atoms with Gasteiger partial charge in [-0.05, 0) is 6.07 Å². The molecule has 0 atom stereocenters. The van der Waals surface area contributed by atoms with Crippen molar-refractivity contribution in [2.24, 2.45) is 0 Å². The van der Waals surface area contributed by atoms with Crippen molar-refractivity contribution in [3.05, 3.63) is 12.3 Å². The first-order valence-corrected chi connectivity index (χ1v) is 5.78. The van der Waals surface area contributed by atoms with Crippen LogP contribution in [0.15, 0.2) is 12.3 Å². The molecule has 17 heavy (non-hydrogen) atoms. The van der Waals surface area contributed by atoms with Crippen molar-refractivity contribution in [1.82, 2.24) is 9.97 Å². The number of aromatic nitrogens is 2. The highest BCUT2D eigenvalue weighted by atomic mass is 16.5. The van der Waals surface area contributed by atoms with Gasteiger partial charge < -0.3 is 19.7 Å². The minimum atomic E-state index is 0.664. The van der Waals surface area contributed by atoms with E-state index in [2.05, 4.69) is 20.2 Å². The van der Waals surface area contributed by atoms with E-state index in [0.717, 1.165) is 44.6 Å². The van der Waals surface area contributed by atoms with E-state index in [-0.39, 0.29) is 0 Å². The van der Waals surface area contributed by atoms with Crippen molar-refractivity contribution in [2.75, 3.05) is 56.8 Å². The summed E-state index contributed by atoms with van der Waals surface area (Å²) in [6, 6.07) is 1.86. The van der Waals surface area contributed by atoms with E-state index in [1.165, 1.54) is 0 Å². The molecule has 0 aromatic carbocycles. The summed E-state index contributed by atoms with van der Waals surface area (Å²) >= 11 is 0. The van der Waals surface area contributed by atoms with Crippen LogP contribution in [0.25, 0.3) is 0 Å². The monoisotopic (exact) mass is 238 g/mol. The largest absolute Gasteiger partial charge is 0.383 e. The number of hydrogen-bond donors (Lipinski definition) is 1. The fourth-order valence-electron chi connectivity index (χ4n) is 1.64. The Bertz CT molecular complexity index is 342. The minimum absolute atomic E-state index is 0.664. The molecule has 1 N–H and O–H groups in total. The standard InChI is InChI=1S/C11H18N4O2/c1-16-7-4-12-10-2-3-13-11(14-10)15-5-8-17-9-6-15/h2-3H,4-9H2,1H3,(H,12,13,14). The number of anilines is 2. The molecule has 1 fully saturated rings. The molecule has 1 aliphatic heterocycles. The second-order valence-electron chi connectivity index (χ2n) is 3.76. The van der Waals surface area contributed by atoms with Crippen molar-refractivity contribution >= 4 is 11.8 Å². The van der Waals surface area contributed by atoms with Gasteiger partial charge in [0.25, 0.3) is 0 Å². The van der Waals surface area contributed by atoms with E-state index in [9.17, 15) is 0 Å². The van der Waals surface area contributed by atoms with E-state index in [1.54, 1.807) is 13.3 Å². The summed E-state index contributed by atoms with van der Waals surface area (Å²) in [4.78, 5) is 10.9. The summed E-state index contributed by atoms with van der Waals surface area (Å²) in [6.45, 7) is 4.59. The molecule has 6 nitrogen and oxygen atoms in total. The van der Waals surface area contributed by atoms with Crippen LogP contribution < -0.4 is 10.2 Å². The van der Waals surface area contributed by atoms with Crippen LogP contribution in [0.2, 0.25) is 0 Å². The number of nitrogens with zero attached hydrogens (tertiary/aromatic N) is 3. The molecule has 1 saturated heterocycles. The highest BCUT2D eigenvalue weighted by molar-refractivity contribution is 5.41. The summed E-state index contributed by atoms with van der Waals surface area (Å²) in [5.41, 5.74) is 0. The molecule has 2 rings (SSSR count). The second kappa shape index (κ2) is 6.36. The van der Waals surface area contributed by atoms with Gasteiger partial charge in [0, 0.05) is 32.9 Å². The van der Waals surface area contributed by atoms with Gasteiger partial charge in [-0.1, -0.05) is 0 Å². The number of nitrogens with one attached hydrogen (secondary N) is 1. The average molecular weight is 238 g/mol. The first kappa shape index (κ1) is 12.1. The topological polar surface area (TPSA) is 59.5 Å². The van der Waals surface area contributed by atoms with Gasteiger partial charge >= 0.3 is 0 Å². The van der Waals surface area contributed by atoms with Gasteiger partial charge in [0.05, 0.1) is 19.8 Å². The summed E-state index contributed by atoms with van der Waals surface area (Å²) in [7, 11) is 1.68. The van der Waals surface area contributed by atoms with Crippen LogP contribution >= 0.6 is 0 Å². The summed E-state index contributed by atoms with van der Waals surface area (Å²) < 4.78 is 10.3. The Morgan fingerprint density at radius 1 is 1.47 bits per heavy atom. The third-order valence-electron chi connectivity index (χ3n) is 2.55. The lowest BCUT2D eigenvalue weighted by molar-refractivity contribution is 0.122. The molecule has 2 heterocycles. The Balaban J connectivity index is 1.95. The van der Waals surface area contributed by atoms with Crippen LogP contribution in [-0.2, 0) is 9.47 Å². The van der Waals surface area contributed by atoms with Gasteiger partial charge in [0.2, 0.25) is 5.95 Å². The van der Waals surface area contributed by atoms with Gasteiger partial charge in [0.1, 0.15) is 5.82 Å². The van der Waals surface area contributed by atoms with Crippen molar-refractivity contribution in [2.45, 2.75) is 0 Å². The number of methoxy groups -OCH3 is 1. The third kappa shape index (κ3) is 3.54. The molecule has 0 radical (unpaired) electrons. The molecular formula is C11H18N4O2. The number of rotatable bonds is 5. The quantitative estimate of drug-likeness (QED) is 0.748. The van der Waals surface area contributed by atoms with Crippen LogP contribution in [-0.4, -0.2) is 56.5 Å². The second-order valence-corrected chi connectivity index (χ2v) is 3.76. The lowest BCUT2D eigenvalue weighted by Gasteiger charge is -2.26. The molecule has 1 aromatic heterocycles. The summed E-state index contributed by atoms with van der Waals surface area (Å²) in [6.07, 6.45) is 1.77. The van der Waals surface area contributed by atoms with Crippen molar-refractivity contribution in [3.63, 3.8) is 0 Å². The molecule has 0 spiro atoms. The van der Waals surface area contributed by atoms with Crippen LogP contribution in [0.4, 0.5) is 11.8 Å². The Morgan fingerprint density at radius 3 is 3.06 bits per heavy atom. The molecular weight excluding hydrogens is 220 g/mol. The van der Waals surface area contributed by atoms with E-state index in [4.69, 9.17) is 9.47 Å². The zero-order valence-corrected chi connectivity index (χ0v) is 10.1. The first-order valence-electron chi connectivity index (χ1n) is 5.78. The molecule has 0 aliphatic carbocycles. The zero-order valence-electron chi connectivity index (χ0n) is 10.1. The smallest absolute Gasteiger partial charge is 0.227 e. The number of ether oxygens (including phenoxy) is 2. The van der Waals surface area contributed by atoms with Crippen LogP contribution in [0, 0.1) is 0 Å². The fraction of sp³-hybridized carbons (Fsp3) is 0.636. The van der Waals surface area contributed by atoms with E-state index < -0.39 is 0 Å². The van der Waals surface area contributed by atoms with Gasteiger partial charge in [-0.2, -0.15) is 4.98 Å². The number of hydrogen-bond acceptors (Lipinski definition) is 6. The van der Waals surface area contributed by atoms with E-state index >= 15 is 0 Å². The van der Waals surface area contributed by atoms with Gasteiger partial charge in [-0.15, -0.1) is 0 Å². The van der Waals surface area contributed by atoms with Gasteiger partial charge in [-0.3, -0.25) is 0 Å². The predicted octanol–water partition coefficient (Wildman–Crippen LogP) is 0.371. The lowest BCUT2D eigenvalue weighted by Crippen LogP contribution is -2.37. The predicted molar refractivity (Wildman–Crippen MR) is 65.4 cm³/mol. The average Bonchev–Trinajstić information content (AvgIpc) is 2.41. The highest BCUT2D eigenvalue weighted by Gasteiger charge is 2.13. The van der Waals surface area contributed by atoms with E-state index in [0.29, 0.717) is 6.61 Å². The Hall–Kier alpha value is -1.40. The highest BCUT2D eigenvalue weighted by Crippen LogP contribution is 2.11. The van der Waals surface area contributed by atoms with Crippen molar-refractivity contribution < 1.29 is 9.47 Å². The van der Waals surface area contributed by atoms with Gasteiger partial charge in [-0.25, -0.2) is 4.98 Å². The Kier molecular flexibility index (Phi) is 4.52. The molecule has 0 amide bonds. The number of morpholine rings is 1. The molecule has 94 valence electrons. The maximum Gasteiger partial charge on any atom is 0.227 e. The summed E-state index contributed by atoms with van der Waals surface area (Å²) in [5, 5.41) is 3.19. The van der Waals surface area contributed by atoms with Crippen LogP contribution in [0.1, 0.15) is 0 Å². The molecule has 6 heteroatoms. The Morgan fingerprint density at radius 2 is 2.29 bits per heavy atom. The first-order chi connectivity index (χ1) is 8.40. The van der Waals surface area contributed by atoms with Crippen molar-refractivity contribution in [3.8, 4) is 0 Å². The third-order valence-corrected chi connectivity index (χ3v) is 2.55.